The zero-order chi connectivity index (χ0) is 14.6. The van der Waals surface area contributed by atoms with Crippen LogP contribution in [0, 0.1) is 5.92 Å². The second-order valence-corrected chi connectivity index (χ2v) is 7.76. The summed E-state index contributed by atoms with van der Waals surface area (Å²) in [6.07, 6.45) is 1.77. The third-order valence-corrected chi connectivity index (χ3v) is 5.54. The van der Waals surface area contributed by atoms with Crippen LogP contribution < -0.4 is 10.0 Å². The minimum Gasteiger partial charge on any atom is -0.314 e. The number of rotatable bonds is 6. The summed E-state index contributed by atoms with van der Waals surface area (Å²) in [4.78, 5) is 0. The molecule has 0 saturated carbocycles. The van der Waals surface area contributed by atoms with Gasteiger partial charge < -0.3 is 5.32 Å². The van der Waals surface area contributed by atoms with E-state index < -0.39 is 10.2 Å². The molecule has 0 unspecified atom stereocenters. The molecular weight excluding hydrogens is 298 g/mol. The quantitative estimate of drug-likeness (QED) is 0.813. The van der Waals surface area contributed by atoms with Crippen LogP contribution >= 0.6 is 11.3 Å². The number of piperidine rings is 1. The number of anilines is 1. The Balaban J connectivity index is 1.83. The fraction of sp³-hybridized carbons (Fsp3) is 0.818. The van der Waals surface area contributed by atoms with E-state index in [-0.39, 0.29) is 0 Å². The zero-order valence-corrected chi connectivity index (χ0v) is 13.4. The summed E-state index contributed by atoms with van der Waals surface area (Å²) >= 11 is 1.18. The first kappa shape index (κ1) is 15.6. The van der Waals surface area contributed by atoms with E-state index >= 15 is 0 Å². The lowest BCUT2D eigenvalue weighted by Gasteiger charge is -2.31. The number of aromatic nitrogens is 2. The van der Waals surface area contributed by atoms with Crippen LogP contribution in [0.1, 0.15) is 26.7 Å². The average Bonchev–Trinajstić information content (AvgIpc) is 2.89. The van der Waals surface area contributed by atoms with Gasteiger partial charge in [-0.25, -0.2) is 4.72 Å². The lowest BCUT2D eigenvalue weighted by Crippen LogP contribution is -2.43. The normalized spacial score (nSPS) is 18.6. The Labute approximate surface area is 124 Å². The van der Waals surface area contributed by atoms with Crippen molar-refractivity contribution in [2.24, 2.45) is 5.92 Å². The molecule has 114 valence electrons. The molecule has 2 heterocycles. The Hall–Kier alpha value is -0.770. The van der Waals surface area contributed by atoms with Crippen molar-refractivity contribution >= 4 is 26.7 Å². The van der Waals surface area contributed by atoms with Gasteiger partial charge in [-0.05, 0) is 25.3 Å². The van der Waals surface area contributed by atoms with Crippen molar-refractivity contribution in [3.8, 4) is 0 Å². The van der Waals surface area contributed by atoms with E-state index in [0.717, 1.165) is 19.4 Å². The van der Waals surface area contributed by atoms with E-state index in [4.69, 9.17) is 0 Å². The molecule has 0 bridgehead atoms. The van der Waals surface area contributed by atoms with Crippen molar-refractivity contribution in [3.05, 3.63) is 5.51 Å². The molecule has 0 aliphatic carbocycles. The van der Waals surface area contributed by atoms with Gasteiger partial charge in [-0.15, -0.1) is 10.2 Å². The second kappa shape index (κ2) is 6.79. The molecule has 2 N–H and O–H groups in total. The van der Waals surface area contributed by atoms with E-state index in [1.807, 2.05) is 0 Å². The van der Waals surface area contributed by atoms with Crippen LogP contribution in [-0.4, -0.2) is 48.6 Å². The topological polar surface area (TPSA) is 87.2 Å². The number of hydrogen-bond acceptors (Lipinski definition) is 6. The SMILES string of the molecule is CC(C)NCC1CCN(S(=O)(=O)Nc2nncs2)CC1. The molecule has 1 fully saturated rings. The summed E-state index contributed by atoms with van der Waals surface area (Å²) in [5.41, 5.74) is 1.50. The number of hydrogen-bond donors (Lipinski definition) is 2. The molecule has 20 heavy (non-hydrogen) atoms. The van der Waals surface area contributed by atoms with Gasteiger partial charge in [0, 0.05) is 19.1 Å². The molecule has 1 aliphatic heterocycles. The lowest BCUT2D eigenvalue weighted by molar-refractivity contribution is 0.265. The van der Waals surface area contributed by atoms with Gasteiger partial charge in [-0.2, -0.15) is 12.7 Å². The van der Waals surface area contributed by atoms with Crippen LogP contribution in [-0.2, 0) is 10.2 Å². The fourth-order valence-corrected chi connectivity index (χ4v) is 4.03. The maximum Gasteiger partial charge on any atom is 0.303 e. The summed E-state index contributed by atoms with van der Waals surface area (Å²) in [5.74, 6) is 0.547. The van der Waals surface area contributed by atoms with E-state index in [1.54, 1.807) is 0 Å². The summed E-state index contributed by atoms with van der Waals surface area (Å²) in [7, 11) is -3.49. The minimum atomic E-state index is -3.49. The Kier molecular flexibility index (Phi) is 5.30. The predicted octanol–water partition coefficient (Wildman–Crippen LogP) is 0.905. The highest BCUT2D eigenvalue weighted by Gasteiger charge is 2.28. The number of nitrogens with one attached hydrogen (secondary N) is 2. The Morgan fingerprint density at radius 1 is 1.45 bits per heavy atom. The molecular formula is C11H21N5O2S2. The maximum absolute atomic E-state index is 12.2. The summed E-state index contributed by atoms with van der Waals surface area (Å²) in [5, 5.41) is 11.0. The number of nitrogens with zero attached hydrogens (tertiary/aromatic N) is 3. The molecule has 0 atom stereocenters. The first-order chi connectivity index (χ1) is 9.47. The molecule has 2 rings (SSSR count). The zero-order valence-electron chi connectivity index (χ0n) is 11.7. The van der Waals surface area contributed by atoms with Crippen molar-refractivity contribution in [2.45, 2.75) is 32.7 Å². The highest BCUT2D eigenvalue weighted by atomic mass is 32.2. The van der Waals surface area contributed by atoms with E-state index in [2.05, 4.69) is 34.1 Å². The molecule has 0 spiro atoms. The van der Waals surface area contributed by atoms with E-state index in [9.17, 15) is 8.42 Å². The van der Waals surface area contributed by atoms with Crippen LogP contribution in [0.15, 0.2) is 5.51 Å². The van der Waals surface area contributed by atoms with E-state index in [1.165, 1.54) is 21.2 Å². The fourth-order valence-electron chi connectivity index (χ4n) is 2.15. The molecule has 1 aromatic heterocycles. The minimum absolute atomic E-state index is 0.314. The van der Waals surface area contributed by atoms with Gasteiger partial charge in [-0.3, -0.25) is 0 Å². The highest BCUT2D eigenvalue weighted by Crippen LogP contribution is 2.21. The molecule has 7 nitrogen and oxygen atoms in total. The predicted molar refractivity (Wildman–Crippen MR) is 79.9 cm³/mol. The van der Waals surface area contributed by atoms with Crippen molar-refractivity contribution in [2.75, 3.05) is 24.4 Å². The van der Waals surface area contributed by atoms with Gasteiger partial charge in [0.25, 0.3) is 0 Å². The standard InChI is InChI=1S/C11H21N5O2S2/c1-9(2)12-7-10-3-5-16(6-4-10)20(17,18)15-11-14-13-8-19-11/h8-10,12H,3-7H2,1-2H3,(H,14,15). The summed E-state index contributed by atoms with van der Waals surface area (Å²) < 4.78 is 28.3. The molecule has 1 aliphatic rings. The molecule has 1 saturated heterocycles. The first-order valence-electron chi connectivity index (χ1n) is 6.75. The molecule has 0 amide bonds. The van der Waals surface area contributed by atoms with Crippen molar-refractivity contribution in [3.63, 3.8) is 0 Å². The summed E-state index contributed by atoms with van der Waals surface area (Å²) in [6.45, 7) is 6.30. The van der Waals surface area contributed by atoms with Crippen LogP contribution in [0.2, 0.25) is 0 Å². The summed E-state index contributed by atoms with van der Waals surface area (Å²) in [6, 6.07) is 0.468. The third-order valence-electron chi connectivity index (χ3n) is 3.30. The van der Waals surface area contributed by atoms with Crippen molar-refractivity contribution < 1.29 is 8.42 Å². The largest absolute Gasteiger partial charge is 0.314 e. The highest BCUT2D eigenvalue weighted by molar-refractivity contribution is 7.90. The van der Waals surface area contributed by atoms with Crippen LogP contribution in [0.3, 0.4) is 0 Å². The van der Waals surface area contributed by atoms with Crippen LogP contribution in [0.5, 0.6) is 0 Å². The third kappa shape index (κ3) is 4.37. The molecule has 0 radical (unpaired) electrons. The van der Waals surface area contributed by atoms with Gasteiger partial charge in [-0.1, -0.05) is 25.2 Å². The van der Waals surface area contributed by atoms with Crippen LogP contribution in [0.4, 0.5) is 5.13 Å². The second-order valence-electron chi connectivity index (χ2n) is 5.26. The van der Waals surface area contributed by atoms with Crippen molar-refractivity contribution in [1.29, 1.82) is 0 Å². The maximum atomic E-state index is 12.2. The Bertz CT molecular complexity index is 495. The van der Waals surface area contributed by atoms with Gasteiger partial charge in [0.2, 0.25) is 5.13 Å². The van der Waals surface area contributed by atoms with Gasteiger partial charge in [0.1, 0.15) is 5.51 Å². The molecule has 0 aromatic carbocycles. The lowest BCUT2D eigenvalue weighted by atomic mass is 9.98. The average molecular weight is 319 g/mol. The Morgan fingerprint density at radius 3 is 2.70 bits per heavy atom. The molecule has 9 heteroatoms. The Morgan fingerprint density at radius 2 is 2.15 bits per heavy atom. The smallest absolute Gasteiger partial charge is 0.303 e. The van der Waals surface area contributed by atoms with Gasteiger partial charge in [0.05, 0.1) is 0 Å². The molecule has 1 aromatic rings. The monoisotopic (exact) mass is 319 g/mol. The first-order valence-corrected chi connectivity index (χ1v) is 9.07. The van der Waals surface area contributed by atoms with Gasteiger partial charge in [0.15, 0.2) is 0 Å². The van der Waals surface area contributed by atoms with E-state index in [0.29, 0.717) is 30.2 Å². The van der Waals surface area contributed by atoms with Gasteiger partial charge >= 0.3 is 10.2 Å². The van der Waals surface area contributed by atoms with Crippen molar-refractivity contribution in [1.82, 2.24) is 19.8 Å². The van der Waals surface area contributed by atoms with Crippen LogP contribution in [0.25, 0.3) is 0 Å².